The number of nitrogens with two attached hydrogens (primary N) is 1. The Morgan fingerprint density at radius 1 is 1.20 bits per heavy atom. The van der Waals surface area contributed by atoms with Gasteiger partial charge in [-0.05, 0) is 42.2 Å². The van der Waals surface area contributed by atoms with Gasteiger partial charge in [0.05, 0.1) is 24.4 Å². The first-order valence-electron chi connectivity index (χ1n) is 12.8. The molecule has 214 valence electrons. The normalized spacial score (nSPS) is 20.9. The van der Waals surface area contributed by atoms with Gasteiger partial charge in [-0.3, -0.25) is 9.69 Å². The summed E-state index contributed by atoms with van der Waals surface area (Å²) in [4.78, 5) is 23.0. The van der Waals surface area contributed by atoms with Crippen molar-refractivity contribution in [2.24, 2.45) is 0 Å². The molecule has 3 N–H and O–H groups in total. The Morgan fingerprint density at radius 3 is 2.76 bits per heavy atom. The van der Waals surface area contributed by atoms with Gasteiger partial charge in [-0.2, -0.15) is 18.3 Å². The van der Waals surface area contributed by atoms with E-state index in [0.717, 1.165) is 22.5 Å². The molecule has 41 heavy (non-hydrogen) atoms. The summed E-state index contributed by atoms with van der Waals surface area (Å²) in [7, 11) is 1.28. The van der Waals surface area contributed by atoms with Crippen molar-refractivity contribution in [3.63, 3.8) is 0 Å². The Labute approximate surface area is 230 Å². The monoisotopic (exact) mass is 573 g/mol. The van der Waals surface area contributed by atoms with Crippen LogP contribution in [0.2, 0.25) is 0 Å². The predicted octanol–water partition coefficient (Wildman–Crippen LogP) is 3.98. The predicted molar refractivity (Wildman–Crippen MR) is 137 cm³/mol. The molecule has 4 heterocycles. The molecule has 3 aromatic heterocycles. The number of fused-ring (bicyclic) bond motifs is 2. The molecule has 4 aromatic rings. The number of carbonyl (C=O) groups is 1. The Bertz CT molecular complexity index is 1660. The molecule has 1 saturated heterocycles. The van der Waals surface area contributed by atoms with E-state index in [2.05, 4.69) is 20.4 Å². The summed E-state index contributed by atoms with van der Waals surface area (Å²) in [5, 5.41) is 6.60. The smallest absolute Gasteiger partial charge is 0.418 e. The molecule has 9 nitrogen and oxygen atoms in total. The van der Waals surface area contributed by atoms with E-state index in [-0.39, 0.29) is 53.5 Å². The number of hydrogen-bond acceptors (Lipinski definition) is 7. The molecule has 1 fully saturated rings. The van der Waals surface area contributed by atoms with Gasteiger partial charge in [0.1, 0.15) is 29.4 Å². The second-order valence-electron chi connectivity index (χ2n) is 10.0. The summed E-state index contributed by atoms with van der Waals surface area (Å²) in [5.74, 6) is -1.46. The Kier molecular flexibility index (Phi) is 6.52. The highest BCUT2D eigenvalue weighted by atomic mass is 19.4. The van der Waals surface area contributed by atoms with Gasteiger partial charge in [-0.15, -0.1) is 0 Å². The number of nitrogens with zero attached hydrogens (tertiary/aromatic N) is 5. The lowest BCUT2D eigenvalue weighted by molar-refractivity contribution is -0.136. The number of rotatable bonds is 5. The zero-order valence-electron chi connectivity index (χ0n) is 21.6. The van der Waals surface area contributed by atoms with Gasteiger partial charge in [-0.25, -0.2) is 23.3 Å². The van der Waals surface area contributed by atoms with Crippen molar-refractivity contribution < 1.29 is 31.5 Å². The van der Waals surface area contributed by atoms with E-state index in [4.69, 9.17) is 10.5 Å². The number of ether oxygens (including phenoxy) is 1. The molecule has 0 saturated carbocycles. The van der Waals surface area contributed by atoms with Crippen LogP contribution in [0.25, 0.3) is 16.8 Å². The largest absolute Gasteiger partial charge is 0.480 e. The Hall–Kier alpha value is -4.33. The Balaban J connectivity index is 1.28. The summed E-state index contributed by atoms with van der Waals surface area (Å²) in [5.41, 5.74) is 5.69. The number of nitrogens with one attached hydrogen (secondary N) is 1. The fourth-order valence-corrected chi connectivity index (χ4v) is 5.80. The van der Waals surface area contributed by atoms with Crippen molar-refractivity contribution in [1.82, 2.24) is 29.8 Å². The maximum Gasteiger partial charge on any atom is 0.418 e. The van der Waals surface area contributed by atoms with E-state index >= 15 is 4.39 Å². The van der Waals surface area contributed by atoms with Crippen molar-refractivity contribution in [3.8, 4) is 17.1 Å². The minimum absolute atomic E-state index is 0.0341. The summed E-state index contributed by atoms with van der Waals surface area (Å²) in [6, 6.07) is 5.98. The van der Waals surface area contributed by atoms with Gasteiger partial charge in [0, 0.05) is 30.9 Å². The molecular weight excluding hydrogens is 549 g/mol. The zero-order valence-corrected chi connectivity index (χ0v) is 21.6. The number of halogens is 5. The standard InChI is InChI=1S/C27H24F5N7O2/c1-41-26-16(7-13(9-34-26)22-8-17(27(30,31)32)23-24(33)35-12-36-39(22)23)25(40)37-20-11-38(10-19(20)29)21-6-5-14-15(21)3-2-4-18(14)28/h2-4,7-9,12,19-21H,5-6,10-11H2,1H3,(H,37,40)(H2,33,35,36)/t19-,20+,21?/m0/s1. The number of carbonyl (C=O) groups excluding carboxylic acids is 1. The third-order valence-corrected chi connectivity index (χ3v) is 7.69. The van der Waals surface area contributed by atoms with Crippen molar-refractivity contribution in [3.05, 3.63) is 70.9 Å². The second kappa shape index (κ2) is 9.94. The van der Waals surface area contributed by atoms with Crippen molar-refractivity contribution in [2.45, 2.75) is 37.3 Å². The maximum atomic E-state index is 15.2. The van der Waals surface area contributed by atoms with Crippen LogP contribution >= 0.6 is 0 Å². The molecule has 0 bridgehead atoms. The van der Waals surface area contributed by atoms with Crippen LogP contribution in [0, 0.1) is 5.82 Å². The van der Waals surface area contributed by atoms with E-state index in [1.54, 1.807) is 6.07 Å². The molecule has 2 aliphatic rings. The first-order chi connectivity index (χ1) is 19.6. The molecule has 0 radical (unpaired) electrons. The summed E-state index contributed by atoms with van der Waals surface area (Å²) in [6.07, 6.45) is -2.71. The van der Waals surface area contributed by atoms with E-state index in [0.29, 0.717) is 18.4 Å². The van der Waals surface area contributed by atoms with Crippen LogP contribution in [0.3, 0.4) is 0 Å². The maximum absolute atomic E-state index is 15.2. The van der Waals surface area contributed by atoms with E-state index in [1.165, 1.54) is 25.4 Å². The zero-order chi connectivity index (χ0) is 29.1. The number of pyridine rings is 1. The molecule has 6 rings (SSSR count). The molecule has 1 aromatic carbocycles. The van der Waals surface area contributed by atoms with Gasteiger partial charge >= 0.3 is 6.18 Å². The van der Waals surface area contributed by atoms with E-state index in [1.807, 2.05) is 11.0 Å². The number of aromatic nitrogens is 4. The number of hydrogen-bond donors (Lipinski definition) is 2. The molecule has 1 unspecified atom stereocenters. The fourth-order valence-electron chi connectivity index (χ4n) is 5.80. The van der Waals surface area contributed by atoms with Crippen molar-refractivity contribution in [1.29, 1.82) is 0 Å². The van der Waals surface area contributed by atoms with Crippen LogP contribution in [-0.4, -0.2) is 62.8 Å². The van der Waals surface area contributed by atoms with E-state index < -0.39 is 35.4 Å². The molecule has 1 amide bonds. The Morgan fingerprint density at radius 2 is 2.00 bits per heavy atom. The first-order valence-corrected chi connectivity index (χ1v) is 12.8. The average molecular weight is 574 g/mol. The first kappa shape index (κ1) is 26.9. The highest BCUT2D eigenvalue weighted by molar-refractivity contribution is 5.98. The quantitative estimate of drug-likeness (QED) is 0.348. The van der Waals surface area contributed by atoms with Crippen LogP contribution in [0.1, 0.15) is 39.5 Å². The summed E-state index contributed by atoms with van der Waals surface area (Å²) in [6.45, 7) is 0.246. The van der Waals surface area contributed by atoms with Gasteiger partial charge in [0.2, 0.25) is 5.88 Å². The molecular formula is C27H24F5N7O2. The minimum Gasteiger partial charge on any atom is -0.480 e. The number of nitrogen functional groups attached to an aromatic ring is 1. The van der Waals surface area contributed by atoms with E-state index in [9.17, 15) is 22.4 Å². The lowest BCUT2D eigenvalue weighted by atomic mass is 10.1. The lowest BCUT2D eigenvalue weighted by Crippen LogP contribution is -2.41. The van der Waals surface area contributed by atoms with Crippen LogP contribution in [0.5, 0.6) is 5.88 Å². The van der Waals surface area contributed by atoms with Crippen LogP contribution in [0.15, 0.2) is 42.9 Å². The third-order valence-electron chi connectivity index (χ3n) is 7.69. The molecule has 1 aliphatic heterocycles. The molecule has 3 atom stereocenters. The minimum atomic E-state index is -4.75. The van der Waals surface area contributed by atoms with Crippen molar-refractivity contribution >= 4 is 17.2 Å². The number of benzene rings is 1. The van der Waals surface area contributed by atoms with Gasteiger partial charge < -0.3 is 15.8 Å². The van der Waals surface area contributed by atoms with Gasteiger partial charge in [0.25, 0.3) is 5.91 Å². The molecule has 0 spiro atoms. The highest BCUT2D eigenvalue weighted by Gasteiger charge is 2.41. The second-order valence-corrected chi connectivity index (χ2v) is 10.0. The average Bonchev–Trinajstić information content (AvgIpc) is 3.64. The molecule has 1 aliphatic carbocycles. The molecule has 14 heteroatoms. The number of alkyl halides is 4. The number of methoxy groups -OCH3 is 1. The van der Waals surface area contributed by atoms with Crippen LogP contribution in [-0.2, 0) is 12.6 Å². The number of anilines is 1. The van der Waals surface area contributed by atoms with Gasteiger partial charge in [-0.1, -0.05) is 12.1 Å². The lowest BCUT2D eigenvalue weighted by Gasteiger charge is -2.24. The number of amides is 1. The third kappa shape index (κ3) is 4.61. The van der Waals surface area contributed by atoms with Crippen LogP contribution in [0.4, 0.5) is 27.8 Å². The summed E-state index contributed by atoms with van der Waals surface area (Å²) < 4.78 is 76.9. The van der Waals surface area contributed by atoms with Crippen molar-refractivity contribution in [2.75, 3.05) is 25.9 Å². The topological polar surface area (TPSA) is 111 Å². The number of likely N-dealkylation sites (tertiary alicyclic amines) is 1. The summed E-state index contributed by atoms with van der Waals surface area (Å²) >= 11 is 0. The fraction of sp³-hybridized carbons (Fsp3) is 0.333. The van der Waals surface area contributed by atoms with Gasteiger partial charge in [0.15, 0.2) is 5.82 Å². The SMILES string of the molecule is COc1ncc(-c2cc(C(F)(F)F)c3c(N)ncnn23)cc1C(=O)N[C@@H]1CN(C2CCc3c(F)cccc32)C[C@@H]1F. The highest BCUT2D eigenvalue weighted by Crippen LogP contribution is 2.40. The van der Waals surface area contributed by atoms with Crippen LogP contribution < -0.4 is 15.8 Å².